The summed E-state index contributed by atoms with van der Waals surface area (Å²) in [4.78, 5) is 15.7. The summed E-state index contributed by atoms with van der Waals surface area (Å²) in [5, 5.41) is 9.93. The number of phenolic OH excluding ortho intramolecular Hbond substituents is 1. The molecule has 0 heterocycles. The molecule has 0 bridgehead atoms. The van der Waals surface area contributed by atoms with Crippen molar-refractivity contribution < 1.29 is 19.4 Å². The van der Waals surface area contributed by atoms with Gasteiger partial charge in [-0.25, -0.2) is 4.99 Å². The van der Waals surface area contributed by atoms with E-state index in [2.05, 4.69) is 4.99 Å². The standard InChI is InChI=1S/C14H11Cl2NO4/c1-20-11-4-3-10(14(21-2)13(11)19)17-7-5-8(15)12(18)9(16)6-7/h3-6,19H,1-2H3. The van der Waals surface area contributed by atoms with Gasteiger partial charge in [-0.15, -0.1) is 0 Å². The van der Waals surface area contributed by atoms with Crippen molar-refractivity contribution in [1.29, 1.82) is 0 Å². The molecule has 0 aromatic heterocycles. The van der Waals surface area contributed by atoms with Gasteiger partial charge in [0.05, 0.1) is 30.0 Å². The number of carbonyl (C=O) groups excluding carboxylic acids is 1. The number of benzene rings is 1. The van der Waals surface area contributed by atoms with Gasteiger partial charge in [0, 0.05) is 0 Å². The number of aromatic hydroxyl groups is 1. The number of carbonyl (C=O) groups is 1. The van der Waals surface area contributed by atoms with Gasteiger partial charge in [0.2, 0.25) is 11.5 Å². The average molecular weight is 328 g/mol. The second-order valence-electron chi connectivity index (χ2n) is 4.02. The van der Waals surface area contributed by atoms with Crippen molar-refractivity contribution in [2.45, 2.75) is 0 Å². The first kappa shape index (κ1) is 15.4. The van der Waals surface area contributed by atoms with Gasteiger partial charge in [-0.05, 0) is 24.3 Å². The third-order valence-electron chi connectivity index (χ3n) is 2.73. The maximum atomic E-state index is 11.4. The molecule has 0 radical (unpaired) electrons. The molecule has 0 fully saturated rings. The molecule has 110 valence electrons. The van der Waals surface area contributed by atoms with Crippen molar-refractivity contribution in [3.8, 4) is 17.2 Å². The van der Waals surface area contributed by atoms with Crippen LogP contribution in [0.15, 0.2) is 39.3 Å². The fourth-order valence-electron chi connectivity index (χ4n) is 1.75. The van der Waals surface area contributed by atoms with E-state index in [0.717, 1.165) is 0 Å². The number of methoxy groups -OCH3 is 2. The molecular formula is C14H11Cl2NO4. The second-order valence-corrected chi connectivity index (χ2v) is 4.83. The van der Waals surface area contributed by atoms with Crippen LogP contribution >= 0.6 is 23.2 Å². The molecule has 0 aliphatic heterocycles. The van der Waals surface area contributed by atoms with E-state index in [9.17, 15) is 9.90 Å². The number of ketones is 1. The van der Waals surface area contributed by atoms with E-state index >= 15 is 0 Å². The number of nitrogens with zero attached hydrogens (tertiary/aromatic N) is 1. The van der Waals surface area contributed by atoms with Crippen LogP contribution in [-0.4, -0.2) is 30.8 Å². The lowest BCUT2D eigenvalue weighted by molar-refractivity contribution is -0.111. The first-order chi connectivity index (χ1) is 9.97. The van der Waals surface area contributed by atoms with Crippen molar-refractivity contribution in [3.63, 3.8) is 0 Å². The molecule has 21 heavy (non-hydrogen) atoms. The Morgan fingerprint density at radius 1 is 1.10 bits per heavy atom. The minimum Gasteiger partial charge on any atom is -0.502 e. The van der Waals surface area contributed by atoms with Gasteiger partial charge >= 0.3 is 0 Å². The van der Waals surface area contributed by atoms with Crippen LogP contribution in [0.1, 0.15) is 0 Å². The Morgan fingerprint density at radius 3 is 2.24 bits per heavy atom. The summed E-state index contributed by atoms with van der Waals surface area (Å²) in [5.41, 5.74) is 0.717. The zero-order valence-corrected chi connectivity index (χ0v) is 12.7. The highest BCUT2D eigenvalue weighted by molar-refractivity contribution is 6.57. The number of rotatable bonds is 3. The van der Waals surface area contributed by atoms with Gasteiger partial charge in [0.25, 0.3) is 0 Å². The second kappa shape index (κ2) is 6.20. The maximum Gasteiger partial charge on any atom is 0.215 e. The molecule has 0 spiro atoms. The monoisotopic (exact) mass is 327 g/mol. The maximum absolute atomic E-state index is 11.4. The Bertz CT molecular complexity index is 668. The van der Waals surface area contributed by atoms with E-state index in [1.165, 1.54) is 26.4 Å². The summed E-state index contributed by atoms with van der Waals surface area (Å²) in [6, 6.07) is 3.15. The molecule has 0 unspecified atom stereocenters. The van der Waals surface area contributed by atoms with Crippen LogP contribution in [0, 0.1) is 0 Å². The Balaban J connectivity index is 2.51. The van der Waals surface area contributed by atoms with E-state index in [0.29, 0.717) is 11.4 Å². The normalized spacial score (nSPS) is 14.5. The van der Waals surface area contributed by atoms with Crippen molar-refractivity contribution in [1.82, 2.24) is 0 Å². The molecule has 2 rings (SSSR count). The van der Waals surface area contributed by atoms with Crippen molar-refractivity contribution in [2.75, 3.05) is 14.2 Å². The highest BCUT2D eigenvalue weighted by atomic mass is 35.5. The predicted molar refractivity (Wildman–Crippen MR) is 81.2 cm³/mol. The zero-order valence-electron chi connectivity index (χ0n) is 11.2. The van der Waals surface area contributed by atoms with Gasteiger partial charge in [-0.1, -0.05) is 23.2 Å². The molecule has 5 nitrogen and oxygen atoms in total. The van der Waals surface area contributed by atoms with Crippen LogP contribution in [-0.2, 0) is 4.79 Å². The summed E-state index contributed by atoms with van der Waals surface area (Å²) in [6.45, 7) is 0. The van der Waals surface area contributed by atoms with Crippen LogP contribution in [0.3, 0.4) is 0 Å². The molecule has 1 aliphatic rings. The number of phenols is 1. The lowest BCUT2D eigenvalue weighted by Crippen LogP contribution is -2.07. The molecule has 7 heteroatoms. The molecule has 0 amide bonds. The van der Waals surface area contributed by atoms with Gasteiger partial charge in [-0.3, -0.25) is 4.79 Å². The van der Waals surface area contributed by atoms with E-state index < -0.39 is 5.78 Å². The summed E-state index contributed by atoms with van der Waals surface area (Å²) in [6.07, 6.45) is 2.77. The lowest BCUT2D eigenvalue weighted by Gasteiger charge is -2.11. The van der Waals surface area contributed by atoms with E-state index in [4.69, 9.17) is 32.7 Å². The SMILES string of the molecule is COc1ccc(N=C2C=C(Cl)C(=O)C(Cl)=C2)c(OC)c1O. The number of halogens is 2. The minimum atomic E-state index is -0.457. The van der Waals surface area contributed by atoms with Gasteiger partial charge in [0.1, 0.15) is 5.69 Å². The highest BCUT2D eigenvalue weighted by Crippen LogP contribution is 2.43. The molecule has 0 atom stereocenters. The summed E-state index contributed by atoms with van der Waals surface area (Å²) in [7, 11) is 2.83. The van der Waals surface area contributed by atoms with E-state index in [1.54, 1.807) is 12.1 Å². The van der Waals surface area contributed by atoms with Crippen molar-refractivity contribution in [2.24, 2.45) is 4.99 Å². The fourth-order valence-corrected chi connectivity index (χ4v) is 2.22. The molecule has 0 saturated heterocycles. The van der Waals surface area contributed by atoms with Crippen LogP contribution in [0.4, 0.5) is 5.69 Å². The van der Waals surface area contributed by atoms with Crippen LogP contribution < -0.4 is 9.47 Å². The van der Waals surface area contributed by atoms with Crippen LogP contribution in [0.5, 0.6) is 17.2 Å². The van der Waals surface area contributed by atoms with E-state index in [-0.39, 0.29) is 27.3 Å². The average Bonchev–Trinajstić information content (AvgIpc) is 2.45. The predicted octanol–water partition coefficient (Wildman–Crippen LogP) is 3.31. The highest BCUT2D eigenvalue weighted by Gasteiger charge is 2.19. The number of hydrogen-bond donors (Lipinski definition) is 1. The molecule has 1 aromatic rings. The largest absolute Gasteiger partial charge is 0.502 e. The third kappa shape index (κ3) is 3.04. The minimum absolute atomic E-state index is 0.0297. The van der Waals surface area contributed by atoms with E-state index in [1.807, 2.05) is 0 Å². The third-order valence-corrected chi connectivity index (χ3v) is 3.29. The van der Waals surface area contributed by atoms with Gasteiger partial charge in [0.15, 0.2) is 11.5 Å². The molecular weight excluding hydrogens is 317 g/mol. The Morgan fingerprint density at radius 2 is 1.71 bits per heavy atom. The van der Waals surface area contributed by atoms with Crippen molar-refractivity contribution in [3.05, 3.63) is 34.3 Å². The number of aliphatic imine (C=N–C) groups is 1. The molecule has 1 aliphatic carbocycles. The summed E-state index contributed by atoms with van der Waals surface area (Å²) >= 11 is 11.6. The quantitative estimate of drug-likeness (QED) is 0.865. The first-order valence-corrected chi connectivity index (χ1v) is 6.55. The Hall–Kier alpha value is -1.98. The topological polar surface area (TPSA) is 68.1 Å². The number of ether oxygens (including phenoxy) is 2. The number of allylic oxidation sites excluding steroid dienone is 4. The summed E-state index contributed by atoms with van der Waals surface area (Å²) < 4.78 is 10.1. The van der Waals surface area contributed by atoms with Crippen LogP contribution in [0.25, 0.3) is 0 Å². The fraction of sp³-hybridized carbons (Fsp3) is 0.143. The molecule has 0 saturated carbocycles. The Labute approximate surface area is 131 Å². The molecule has 1 aromatic carbocycles. The first-order valence-electron chi connectivity index (χ1n) is 5.79. The van der Waals surface area contributed by atoms with Crippen LogP contribution in [0.2, 0.25) is 0 Å². The Kier molecular flexibility index (Phi) is 4.55. The smallest absolute Gasteiger partial charge is 0.215 e. The lowest BCUT2D eigenvalue weighted by atomic mass is 10.1. The van der Waals surface area contributed by atoms with Crippen molar-refractivity contribution >= 4 is 40.4 Å². The van der Waals surface area contributed by atoms with Gasteiger partial charge in [-0.2, -0.15) is 0 Å². The molecule has 1 N–H and O–H groups in total. The number of Topliss-reactive ketones (excluding diaryl/α,β-unsaturated/α-hetero) is 1. The number of hydrogen-bond acceptors (Lipinski definition) is 5. The summed E-state index contributed by atoms with van der Waals surface area (Å²) in [5.74, 6) is -0.217. The van der Waals surface area contributed by atoms with Gasteiger partial charge < -0.3 is 14.6 Å². The zero-order chi connectivity index (χ0) is 15.6.